The van der Waals surface area contributed by atoms with Crippen molar-refractivity contribution in [1.29, 1.82) is 0 Å². The number of benzene rings is 2. The van der Waals surface area contributed by atoms with Crippen LogP contribution in [0.4, 0.5) is 5.69 Å². The van der Waals surface area contributed by atoms with Gasteiger partial charge in [-0.2, -0.15) is 0 Å². The smallest absolute Gasteiger partial charge is 0.184 e. The molecule has 1 fully saturated rings. The van der Waals surface area contributed by atoms with E-state index < -0.39 is 9.84 Å². The molecule has 5 nitrogen and oxygen atoms in total. The van der Waals surface area contributed by atoms with Crippen molar-refractivity contribution in [1.82, 2.24) is 9.88 Å². The zero-order chi connectivity index (χ0) is 21.1. The van der Waals surface area contributed by atoms with Gasteiger partial charge in [-0.25, -0.2) is 13.4 Å². The fraction of sp³-hybridized carbons (Fsp3) is 0.286. The Morgan fingerprint density at radius 1 is 1.20 bits per heavy atom. The van der Waals surface area contributed by atoms with Crippen molar-refractivity contribution >= 4 is 50.1 Å². The van der Waals surface area contributed by atoms with Crippen LogP contribution in [0.15, 0.2) is 58.9 Å². The van der Waals surface area contributed by atoms with E-state index in [-0.39, 0.29) is 16.7 Å². The normalized spacial score (nSPS) is 17.3. The third-order valence-corrected chi connectivity index (χ3v) is 8.16. The first-order valence-corrected chi connectivity index (χ1v) is 12.8. The molecular weight excluding hydrogens is 461 g/mol. The van der Waals surface area contributed by atoms with Gasteiger partial charge < -0.3 is 5.32 Å². The Morgan fingerprint density at radius 3 is 2.80 bits per heavy atom. The number of likely N-dealkylation sites (tertiary alicyclic amines) is 1. The number of thiazole rings is 1. The van der Waals surface area contributed by atoms with Crippen molar-refractivity contribution in [3.8, 4) is 0 Å². The Hall–Kier alpha value is -1.64. The molecule has 1 N–H and O–H groups in total. The lowest BCUT2D eigenvalue weighted by molar-refractivity contribution is 0.328. The van der Waals surface area contributed by atoms with Gasteiger partial charge in [0, 0.05) is 42.3 Å². The highest BCUT2D eigenvalue weighted by Gasteiger charge is 2.24. The molecule has 2 aromatic carbocycles. The van der Waals surface area contributed by atoms with E-state index in [4.69, 9.17) is 23.2 Å². The van der Waals surface area contributed by atoms with Crippen molar-refractivity contribution in [3.63, 3.8) is 0 Å². The fourth-order valence-electron chi connectivity index (χ4n) is 3.58. The molecule has 1 saturated heterocycles. The van der Waals surface area contributed by atoms with Crippen molar-refractivity contribution in [2.24, 2.45) is 0 Å². The third kappa shape index (κ3) is 5.34. The van der Waals surface area contributed by atoms with Gasteiger partial charge >= 0.3 is 0 Å². The van der Waals surface area contributed by atoms with Gasteiger partial charge in [-0.05, 0) is 42.3 Å². The number of nitrogens with zero attached hydrogens (tertiary/aromatic N) is 2. The third-order valence-electron chi connectivity index (χ3n) is 5.02. The molecule has 158 valence electrons. The molecule has 0 saturated carbocycles. The van der Waals surface area contributed by atoms with Crippen molar-refractivity contribution in [2.45, 2.75) is 29.7 Å². The molecule has 1 aliphatic rings. The van der Waals surface area contributed by atoms with Crippen LogP contribution in [0.1, 0.15) is 17.0 Å². The van der Waals surface area contributed by atoms with E-state index in [1.54, 1.807) is 23.7 Å². The summed E-state index contributed by atoms with van der Waals surface area (Å²) in [7, 11) is -3.48. The number of rotatable bonds is 7. The van der Waals surface area contributed by atoms with Gasteiger partial charge in [-0.15, -0.1) is 11.3 Å². The van der Waals surface area contributed by atoms with E-state index in [0.29, 0.717) is 10.0 Å². The molecule has 0 spiro atoms. The van der Waals surface area contributed by atoms with Gasteiger partial charge in [0.05, 0.1) is 15.6 Å². The molecule has 3 aromatic rings. The maximum Gasteiger partial charge on any atom is 0.184 e. The molecule has 1 aromatic heterocycles. The lowest BCUT2D eigenvalue weighted by Gasteiger charge is -2.18. The van der Waals surface area contributed by atoms with Crippen LogP contribution in [0.2, 0.25) is 10.0 Å². The fourth-order valence-corrected chi connectivity index (χ4v) is 6.37. The van der Waals surface area contributed by atoms with Crippen LogP contribution in [0, 0.1) is 0 Å². The number of halogens is 2. The van der Waals surface area contributed by atoms with Crippen LogP contribution in [0.3, 0.4) is 0 Å². The van der Waals surface area contributed by atoms with Crippen LogP contribution in [-0.4, -0.2) is 37.4 Å². The van der Waals surface area contributed by atoms with Gasteiger partial charge in [-0.1, -0.05) is 35.3 Å². The van der Waals surface area contributed by atoms with E-state index in [2.05, 4.69) is 21.3 Å². The summed E-state index contributed by atoms with van der Waals surface area (Å²) >= 11 is 13.8. The van der Waals surface area contributed by atoms with Crippen molar-refractivity contribution in [2.75, 3.05) is 18.4 Å². The molecule has 0 unspecified atom stereocenters. The molecule has 9 heteroatoms. The standard InChI is InChI=1S/C21H21Cl2N3O2S2/c22-16-3-1-2-15(10-16)12-26-8-6-17(13-26)25-20-5-4-18(11-19(20)23)30(27,28)14-21-24-7-9-29-21/h1-5,7,9-11,17,25H,6,8,12-14H2/t17-/m1/s1. The maximum atomic E-state index is 12.6. The number of aromatic nitrogens is 1. The Kier molecular flexibility index (Phi) is 6.65. The quantitative estimate of drug-likeness (QED) is 0.507. The Morgan fingerprint density at radius 2 is 2.07 bits per heavy atom. The minimum atomic E-state index is -3.48. The average molecular weight is 482 g/mol. The number of hydrogen-bond acceptors (Lipinski definition) is 6. The topological polar surface area (TPSA) is 62.3 Å². The summed E-state index contributed by atoms with van der Waals surface area (Å²) in [6, 6.07) is 13.0. The summed E-state index contributed by atoms with van der Waals surface area (Å²) in [4.78, 5) is 6.63. The number of sulfone groups is 1. The minimum absolute atomic E-state index is 0.116. The highest BCUT2D eigenvalue weighted by Crippen LogP contribution is 2.29. The van der Waals surface area contributed by atoms with Crippen molar-refractivity contribution < 1.29 is 8.42 Å². The molecule has 0 bridgehead atoms. The van der Waals surface area contributed by atoms with Crippen LogP contribution in [-0.2, 0) is 22.1 Å². The predicted molar refractivity (Wildman–Crippen MR) is 123 cm³/mol. The van der Waals surface area contributed by atoms with Crippen LogP contribution in [0.5, 0.6) is 0 Å². The number of anilines is 1. The van der Waals surface area contributed by atoms with E-state index >= 15 is 0 Å². The van der Waals surface area contributed by atoms with Gasteiger partial charge in [0.1, 0.15) is 10.8 Å². The Bertz CT molecular complexity index is 1120. The molecule has 0 amide bonds. The highest BCUT2D eigenvalue weighted by atomic mass is 35.5. The van der Waals surface area contributed by atoms with Crippen LogP contribution < -0.4 is 5.32 Å². The van der Waals surface area contributed by atoms with Gasteiger partial charge in [0.2, 0.25) is 0 Å². The summed E-state index contributed by atoms with van der Waals surface area (Å²) < 4.78 is 25.2. The van der Waals surface area contributed by atoms with Crippen molar-refractivity contribution in [3.05, 3.63) is 74.7 Å². The zero-order valence-corrected chi connectivity index (χ0v) is 19.2. The maximum absolute atomic E-state index is 12.6. The lowest BCUT2D eigenvalue weighted by atomic mass is 10.2. The largest absolute Gasteiger partial charge is 0.380 e. The first-order chi connectivity index (χ1) is 14.4. The SMILES string of the molecule is O=S(=O)(Cc1nccs1)c1ccc(N[C@@H]2CCN(Cc3cccc(Cl)c3)C2)c(Cl)c1. The molecule has 1 aliphatic heterocycles. The average Bonchev–Trinajstić information content (AvgIpc) is 3.35. The molecular formula is C21H21Cl2N3O2S2. The van der Waals surface area contributed by atoms with E-state index in [9.17, 15) is 8.42 Å². The predicted octanol–water partition coefficient (Wildman–Crippen LogP) is 5.11. The van der Waals surface area contributed by atoms with E-state index in [1.165, 1.54) is 23.0 Å². The molecule has 2 heterocycles. The van der Waals surface area contributed by atoms with Crippen LogP contribution >= 0.6 is 34.5 Å². The van der Waals surface area contributed by atoms with Gasteiger partial charge in [0.15, 0.2) is 9.84 Å². The van der Waals surface area contributed by atoms with Crippen LogP contribution in [0.25, 0.3) is 0 Å². The Labute approximate surface area is 190 Å². The summed E-state index contributed by atoms with van der Waals surface area (Å²) in [5, 5.41) is 6.94. The summed E-state index contributed by atoms with van der Waals surface area (Å²) in [6.45, 7) is 2.70. The van der Waals surface area contributed by atoms with E-state index in [0.717, 1.165) is 36.8 Å². The van der Waals surface area contributed by atoms with Gasteiger partial charge in [-0.3, -0.25) is 4.90 Å². The highest BCUT2D eigenvalue weighted by molar-refractivity contribution is 7.90. The first kappa shape index (κ1) is 21.6. The monoisotopic (exact) mass is 481 g/mol. The number of hydrogen-bond donors (Lipinski definition) is 1. The molecule has 30 heavy (non-hydrogen) atoms. The summed E-state index contributed by atoms with van der Waals surface area (Å²) in [6.07, 6.45) is 2.59. The number of nitrogens with one attached hydrogen (secondary N) is 1. The molecule has 0 radical (unpaired) electrons. The van der Waals surface area contributed by atoms with Gasteiger partial charge in [0.25, 0.3) is 0 Å². The Balaban J connectivity index is 1.38. The zero-order valence-electron chi connectivity index (χ0n) is 16.1. The molecule has 0 aliphatic carbocycles. The summed E-state index contributed by atoms with van der Waals surface area (Å²) in [5.74, 6) is -0.116. The van der Waals surface area contributed by atoms with E-state index in [1.807, 2.05) is 18.2 Å². The second kappa shape index (κ2) is 9.24. The minimum Gasteiger partial charge on any atom is -0.380 e. The second-order valence-corrected chi connectivity index (χ2v) is 11.1. The lowest BCUT2D eigenvalue weighted by Crippen LogP contribution is -2.26. The summed E-state index contributed by atoms with van der Waals surface area (Å²) in [5.41, 5.74) is 1.94. The molecule has 4 rings (SSSR count). The molecule has 1 atom stereocenters. The first-order valence-electron chi connectivity index (χ1n) is 9.53. The second-order valence-electron chi connectivity index (χ2n) is 7.32.